The Morgan fingerprint density at radius 3 is 2.58 bits per heavy atom. The highest BCUT2D eigenvalue weighted by Crippen LogP contribution is 2.29. The van der Waals surface area contributed by atoms with Gasteiger partial charge in [0.2, 0.25) is 15.9 Å². The summed E-state index contributed by atoms with van der Waals surface area (Å²) in [6.07, 6.45) is 4.23. The van der Waals surface area contributed by atoms with Gasteiger partial charge < -0.3 is 10.1 Å². The normalized spacial score (nSPS) is 17.5. The van der Waals surface area contributed by atoms with E-state index in [4.69, 9.17) is 4.74 Å². The second-order valence-electron chi connectivity index (χ2n) is 8.01. The number of sulfonamides is 1. The van der Waals surface area contributed by atoms with Crippen LogP contribution in [0.1, 0.15) is 24.8 Å². The van der Waals surface area contributed by atoms with Gasteiger partial charge in [-0.05, 0) is 49.6 Å². The van der Waals surface area contributed by atoms with Crippen LogP contribution in [-0.2, 0) is 21.2 Å². The number of amides is 1. The summed E-state index contributed by atoms with van der Waals surface area (Å²) in [4.78, 5) is 15.0. The number of hydrogen-bond acceptors (Lipinski definition) is 5. The van der Waals surface area contributed by atoms with Crippen molar-refractivity contribution in [1.29, 1.82) is 0 Å². The van der Waals surface area contributed by atoms with Gasteiger partial charge in [0, 0.05) is 25.8 Å². The topological polar surface area (TPSA) is 79.0 Å². The number of likely N-dealkylation sites (tertiary alicyclic amines) is 1. The van der Waals surface area contributed by atoms with Gasteiger partial charge in [-0.1, -0.05) is 36.8 Å². The highest BCUT2D eigenvalue weighted by molar-refractivity contribution is 7.89. The van der Waals surface area contributed by atoms with Crippen LogP contribution in [0.15, 0.2) is 53.4 Å². The smallest absolute Gasteiger partial charge is 0.246 e. The lowest BCUT2D eigenvalue weighted by molar-refractivity contribution is -0.118. The molecule has 0 bridgehead atoms. The van der Waals surface area contributed by atoms with Crippen LogP contribution in [0.25, 0.3) is 0 Å². The van der Waals surface area contributed by atoms with Gasteiger partial charge in [0.25, 0.3) is 0 Å². The Morgan fingerprint density at radius 1 is 1.16 bits per heavy atom. The molecule has 1 heterocycles. The molecule has 1 fully saturated rings. The van der Waals surface area contributed by atoms with E-state index in [9.17, 15) is 13.2 Å². The van der Waals surface area contributed by atoms with Crippen molar-refractivity contribution in [3.63, 3.8) is 0 Å². The third-order valence-electron chi connectivity index (χ3n) is 5.62. The Bertz CT molecular complexity index is 993. The molecule has 2 aromatic rings. The van der Waals surface area contributed by atoms with Gasteiger partial charge in [0.15, 0.2) is 0 Å². The lowest BCUT2D eigenvalue weighted by Gasteiger charge is -2.35. The molecule has 1 aliphatic heterocycles. The lowest BCUT2D eigenvalue weighted by Crippen LogP contribution is -2.45. The largest absolute Gasteiger partial charge is 0.495 e. The second kappa shape index (κ2) is 10.3. The molecular formula is C23H31N3O4S. The maximum absolute atomic E-state index is 12.8. The van der Waals surface area contributed by atoms with Crippen LogP contribution in [0, 0.1) is 0 Å². The predicted molar refractivity (Wildman–Crippen MR) is 122 cm³/mol. The van der Waals surface area contributed by atoms with E-state index < -0.39 is 10.0 Å². The van der Waals surface area contributed by atoms with Crippen molar-refractivity contribution in [2.75, 3.05) is 39.6 Å². The van der Waals surface area contributed by atoms with Gasteiger partial charge in [-0.2, -0.15) is 0 Å². The molecule has 1 amide bonds. The molecule has 3 rings (SSSR count). The van der Waals surface area contributed by atoms with Gasteiger partial charge in [-0.25, -0.2) is 12.7 Å². The zero-order chi connectivity index (χ0) is 22.4. The number of benzene rings is 2. The van der Waals surface area contributed by atoms with E-state index >= 15 is 0 Å². The van der Waals surface area contributed by atoms with Crippen LogP contribution in [-0.4, -0.2) is 63.9 Å². The number of methoxy groups -OCH3 is 1. The van der Waals surface area contributed by atoms with Crippen molar-refractivity contribution in [1.82, 2.24) is 9.21 Å². The molecule has 0 spiro atoms. The Hall–Kier alpha value is -2.42. The number of rotatable bonds is 8. The number of nitrogens with one attached hydrogen (secondary N) is 1. The molecule has 31 heavy (non-hydrogen) atoms. The van der Waals surface area contributed by atoms with Gasteiger partial charge in [0.05, 0.1) is 13.7 Å². The molecule has 2 aromatic carbocycles. The summed E-state index contributed by atoms with van der Waals surface area (Å²) in [5.74, 6) is 0.0870. The molecule has 8 heteroatoms. The van der Waals surface area contributed by atoms with Crippen molar-refractivity contribution < 1.29 is 17.9 Å². The number of hydrogen-bond donors (Lipinski definition) is 1. The molecule has 1 saturated heterocycles. The minimum atomic E-state index is -3.70. The van der Waals surface area contributed by atoms with E-state index in [0.29, 0.717) is 11.7 Å². The van der Waals surface area contributed by atoms with E-state index in [1.165, 1.54) is 39.3 Å². The van der Waals surface area contributed by atoms with Crippen molar-refractivity contribution in [2.45, 2.75) is 36.6 Å². The Morgan fingerprint density at radius 2 is 1.90 bits per heavy atom. The SMILES string of the molecule is COc1ccc(NC(=O)CN2CCCCC2Cc2ccccc2)cc1S(=O)(=O)N(C)C. The van der Waals surface area contributed by atoms with Crippen molar-refractivity contribution in [3.8, 4) is 5.75 Å². The first-order chi connectivity index (χ1) is 14.8. The Kier molecular flexibility index (Phi) is 7.69. The van der Waals surface area contributed by atoms with Crippen molar-refractivity contribution in [3.05, 3.63) is 54.1 Å². The molecule has 0 saturated carbocycles. The Labute approximate surface area is 185 Å². The van der Waals surface area contributed by atoms with E-state index in [0.717, 1.165) is 30.1 Å². The summed E-state index contributed by atoms with van der Waals surface area (Å²) >= 11 is 0. The van der Waals surface area contributed by atoms with E-state index in [-0.39, 0.29) is 23.1 Å². The molecule has 0 aliphatic carbocycles. The van der Waals surface area contributed by atoms with Crippen LogP contribution in [0.4, 0.5) is 5.69 Å². The summed E-state index contributed by atoms with van der Waals surface area (Å²) in [5.41, 5.74) is 1.70. The van der Waals surface area contributed by atoms with Crippen LogP contribution in [0.3, 0.4) is 0 Å². The first-order valence-corrected chi connectivity index (χ1v) is 11.9. The highest BCUT2D eigenvalue weighted by Gasteiger charge is 2.26. The first-order valence-electron chi connectivity index (χ1n) is 10.5. The van der Waals surface area contributed by atoms with Crippen LogP contribution in [0.2, 0.25) is 0 Å². The first kappa shape index (κ1) is 23.2. The van der Waals surface area contributed by atoms with Crippen LogP contribution in [0.5, 0.6) is 5.75 Å². The van der Waals surface area contributed by atoms with Crippen LogP contribution < -0.4 is 10.1 Å². The molecule has 1 N–H and O–H groups in total. The number of carbonyl (C=O) groups excluding carboxylic acids is 1. The Balaban J connectivity index is 1.70. The van der Waals surface area contributed by atoms with Gasteiger partial charge in [-0.15, -0.1) is 0 Å². The van der Waals surface area contributed by atoms with E-state index in [1.807, 2.05) is 18.2 Å². The quantitative estimate of drug-likeness (QED) is 0.676. The van der Waals surface area contributed by atoms with Crippen LogP contribution >= 0.6 is 0 Å². The second-order valence-corrected chi connectivity index (χ2v) is 10.1. The van der Waals surface area contributed by atoms with Gasteiger partial charge in [0.1, 0.15) is 10.6 Å². The fourth-order valence-corrected chi connectivity index (χ4v) is 5.00. The molecule has 7 nitrogen and oxygen atoms in total. The monoisotopic (exact) mass is 445 g/mol. The highest BCUT2D eigenvalue weighted by atomic mass is 32.2. The number of nitrogens with zero attached hydrogens (tertiary/aromatic N) is 2. The van der Waals surface area contributed by atoms with E-state index in [2.05, 4.69) is 22.3 Å². The standard InChI is InChI=1S/C23H31N3O4S/c1-25(2)31(28,29)22-16-19(12-13-21(22)30-3)24-23(27)17-26-14-8-7-11-20(26)15-18-9-5-4-6-10-18/h4-6,9-10,12-13,16,20H,7-8,11,14-15,17H2,1-3H3,(H,24,27). The molecule has 1 aliphatic rings. The minimum Gasteiger partial charge on any atom is -0.495 e. The predicted octanol–water partition coefficient (Wildman–Crippen LogP) is 2.98. The number of carbonyl (C=O) groups is 1. The summed E-state index contributed by atoms with van der Waals surface area (Å²) in [7, 11) is 0.643. The maximum Gasteiger partial charge on any atom is 0.246 e. The number of piperidine rings is 1. The zero-order valence-electron chi connectivity index (χ0n) is 18.4. The molecule has 168 valence electrons. The third kappa shape index (κ3) is 5.84. The van der Waals surface area contributed by atoms with Gasteiger partial charge in [-0.3, -0.25) is 9.69 Å². The average molecular weight is 446 g/mol. The summed E-state index contributed by atoms with van der Waals surface area (Å²) in [6.45, 7) is 1.16. The molecule has 0 radical (unpaired) electrons. The lowest BCUT2D eigenvalue weighted by atomic mass is 9.95. The molecular weight excluding hydrogens is 414 g/mol. The molecule has 0 aromatic heterocycles. The minimum absolute atomic E-state index is 0.0257. The summed E-state index contributed by atoms with van der Waals surface area (Å²) in [5, 5.41) is 2.86. The third-order valence-corrected chi connectivity index (χ3v) is 7.45. The molecule has 1 unspecified atom stereocenters. The van der Waals surface area contributed by atoms with Crippen molar-refractivity contribution in [2.24, 2.45) is 0 Å². The number of ether oxygens (including phenoxy) is 1. The average Bonchev–Trinajstić information content (AvgIpc) is 2.75. The molecule has 1 atom stereocenters. The summed E-state index contributed by atoms with van der Waals surface area (Å²) < 4.78 is 31.5. The summed E-state index contributed by atoms with van der Waals surface area (Å²) in [6, 6.07) is 15.3. The fourth-order valence-electron chi connectivity index (χ4n) is 3.92. The van der Waals surface area contributed by atoms with Crippen molar-refractivity contribution >= 4 is 21.6 Å². The fraction of sp³-hybridized carbons (Fsp3) is 0.435. The maximum atomic E-state index is 12.8. The number of anilines is 1. The van der Waals surface area contributed by atoms with E-state index in [1.54, 1.807) is 12.1 Å². The zero-order valence-corrected chi connectivity index (χ0v) is 19.2. The van der Waals surface area contributed by atoms with Gasteiger partial charge >= 0.3 is 0 Å².